The average molecular weight is 176 g/mol. The molecule has 1 heterocycles. The second-order valence-corrected chi connectivity index (χ2v) is 3.00. The van der Waals surface area contributed by atoms with Crippen LogP contribution in [0.25, 0.3) is 12.2 Å². The maximum atomic E-state index is 5.44. The highest BCUT2D eigenvalue weighted by Crippen LogP contribution is 1.81. The van der Waals surface area contributed by atoms with Gasteiger partial charge in [-0.3, -0.25) is 4.98 Å². The van der Waals surface area contributed by atoms with Gasteiger partial charge in [0.15, 0.2) is 0 Å². The van der Waals surface area contributed by atoms with Gasteiger partial charge in [-0.1, -0.05) is 18.2 Å². The zero-order valence-corrected chi connectivity index (χ0v) is 8.25. The summed E-state index contributed by atoms with van der Waals surface area (Å²) in [5, 5.41) is 2.23. The zero-order valence-electron chi connectivity index (χ0n) is 8.25. The lowest BCUT2D eigenvalue weighted by molar-refractivity contribution is 1.03. The summed E-state index contributed by atoms with van der Waals surface area (Å²) in [6.45, 7) is 4.70. The first-order valence-electron chi connectivity index (χ1n) is 4.58. The van der Waals surface area contributed by atoms with Gasteiger partial charge in [0.1, 0.15) is 0 Å². The predicted octanol–water partition coefficient (Wildman–Crippen LogP) is 0.320. The van der Waals surface area contributed by atoms with Crippen molar-refractivity contribution in [1.29, 1.82) is 0 Å². The summed E-state index contributed by atoms with van der Waals surface area (Å²) in [6, 6.07) is 4.11. The molecule has 0 saturated heterocycles. The smallest absolute Gasteiger partial charge is 0.0662 e. The molecule has 0 radical (unpaired) electrons. The molecule has 1 aromatic heterocycles. The van der Waals surface area contributed by atoms with Crippen LogP contribution in [0.5, 0.6) is 0 Å². The monoisotopic (exact) mass is 176 g/mol. The van der Waals surface area contributed by atoms with Crippen molar-refractivity contribution in [3.63, 3.8) is 0 Å². The van der Waals surface area contributed by atoms with E-state index >= 15 is 0 Å². The van der Waals surface area contributed by atoms with Gasteiger partial charge in [0, 0.05) is 5.69 Å². The third-order valence-corrected chi connectivity index (χ3v) is 1.91. The summed E-state index contributed by atoms with van der Waals surface area (Å²) in [5.41, 5.74) is 6.49. The molecule has 0 aliphatic rings. The third kappa shape index (κ3) is 2.67. The van der Waals surface area contributed by atoms with Crippen LogP contribution in [0.2, 0.25) is 0 Å². The number of aromatic nitrogens is 1. The van der Waals surface area contributed by atoms with Crippen LogP contribution in [0, 0.1) is 6.92 Å². The number of hydrogen-bond donors (Lipinski definition) is 1. The molecule has 0 atom stereocenters. The first kappa shape index (κ1) is 9.93. The van der Waals surface area contributed by atoms with E-state index in [0.717, 1.165) is 17.5 Å². The van der Waals surface area contributed by atoms with Crippen LogP contribution < -0.4 is 16.3 Å². The molecule has 2 heteroatoms. The van der Waals surface area contributed by atoms with Crippen molar-refractivity contribution in [3.8, 4) is 0 Å². The highest BCUT2D eigenvalue weighted by atomic mass is 14.7. The van der Waals surface area contributed by atoms with E-state index in [2.05, 4.69) is 23.2 Å². The molecular weight excluding hydrogens is 160 g/mol. The Morgan fingerprint density at radius 2 is 2.23 bits per heavy atom. The number of pyridine rings is 1. The van der Waals surface area contributed by atoms with Crippen molar-refractivity contribution in [1.82, 2.24) is 4.98 Å². The topological polar surface area (TPSA) is 38.9 Å². The first-order chi connectivity index (χ1) is 6.27. The lowest BCUT2D eigenvalue weighted by Gasteiger charge is -1.93. The van der Waals surface area contributed by atoms with E-state index in [-0.39, 0.29) is 0 Å². The van der Waals surface area contributed by atoms with Crippen molar-refractivity contribution in [2.24, 2.45) is 5.73 Å². The number of nitrogens with two attached hydrogens (primary N) is 1. The quantitative estimate of drug-likeness (QED) is 0.705. The number of nitrogens with zero attached hydrogens (tertiary/aromatic N) is 1. The first-order valence-corrected chi connectivity index (χ1v) is 4.58. The second kappa shape index (κ2) is 4.77. The van der Waals surface area contributed by atoms with Crippen molar-refractivity contribution in [3.05, 3.63) is 28.4 Å². The molecule has 0 unspecified atom stereocenters. The van der Waals surface area contributed by atoms with E-state index in [9.17, 15) is 0 Å². The molecule has 0 aliphatic heterocycles. The van der Waals surface area contributed by atoms with E-state index in [1.807, 2.05) is 19.9 Å². The van der Waals surface area contributed by atoms with Gasteiger partial charge in [-0.05, 0) is 38.1 Å². The number of rotatable bonds is 2. The lowest BCUT2D eigenvalue weighted by Crippen LogP contribution is -2.28. The molecule has 0 spiro atoms. The van der Waals surface area contributed by atoms with Crippen molar-refractivity contribution in [2.45, 2.75) is 20.3 Å². The molecule has 2 N–H and O–H groups in total. The molecule has 1 rings (SSSR count). The van der Waals surface area contributed by atoms with Crippen molar-refractivity contribution < 1.29 is 0 Å². The number of aryl methyl sites for hydroxylation is 1. The van der Waals surface area contributed by atoms with Crippen LogP contribution >= 0.6 is 0 Å². The zero-order chi connectivity index (χ0) is 9.68. The fourth-order valence-corrected chi connectivity index (χ4v) is 1.22. The SMILES string of the molecule is C/C=c1/ccc(C)n/c1=C/CCN. The summed E-state index contributed by atoms with van der Waals surface area (Å²) in [7, 11) is 0. The molecule has 13 heavy (non-hydrogen) atoms. The fraction of sp³-hybridized carbons (Fsp3) is 0.364. The molecule has 0 aromatic carbocycles. The van der Waals surface area contributed by atoms with Crippen LogP contribution in [-0.4, -0.2) is 11.5 Å². The van der Waals surface area contributed by atoms with Gasteiger partial charge in [-0.25, -0.2) is 0 Å². The lowest BCUT2D eigenvalue weighted by atomic mass is 10.2. The van der Waals surface area contributed by atoms with Gasteiger partial charge in [0.2, 0.25) is 0 Å². The highest BCUT2D eigenvalue weighted by molar-refractivity contribution is 5.27. The highest BCUT2D eigenvalue weighted by Gasteiger charge is 1.87. The van der Waals surface area contributed by atoms with Crippen LogP contribution in [0.4, 0.5) is 0 Å². The molecule has 0 bridgehead atoms. The van der Waals surface area contributed by atoms with Gasteiger partial charge < -0.3 is 5.73 Å². The van der Waals surface area contributed by atoms with Gasteiger partial charge in [0.25, 0.3) is 0 Å². The Balaban J connectivity index is 3.25. The largest absolute Gasteiger partial charge is 0.330 e. The Labute approximate surface area is 78.8 Å². The molecule has 70 valence electrons. The molecule has 0 amide bonds. The minimum absolute atomic E-state index is 0.679. The van der Waals surface area contributed by atoms with Gasteiger partial charge in [-0.2, -0.15) is 0 Å². The maximum absolute atomic E-state index is 5.44. The maximum Gasteiger partial charge on any atom is 0.0662 e. The summed E-state index contributed by atoms with van der Waals surface area (Å²) in [6.07, 6.45) is 5.04. The minimum Gasteiger partial charge on any atom is -0.330 e. The van der Waals surface area contributed by atoms with Crippen LogP contribution in [0.15, 0.2) is 12.1 Å². The van der Waals surface area contributed by atoms with Gasteiger partial charge in [-0.15, -0.1) is 0 Å². The predicted molar refractivity (Wildman–Crippen MR) is 56.5 cm³/mol. The molecule has 0 saturated carbocycles. The minimum atomic E-state index is 0.679. The third-order valence-electron chi connectivity index (χ3n) is 1.91. The molecule has 1 aromatic rings. The van der Waals surface area contributed by atoms with Crippen molar-refractivity contribution >= 4 is 12.2 Å². The summed E-state index contributed by atoms with van der Waals surface area (Å²) in [5.74, 6) is 0. The Hall–Kier alpha value is -1.15. The molecule has 2 nitrogen and oxygen atoms in total. The Bertz CT molecular complexity index is 380. The summed E-state index contributed by atoms with van der Waals surface area (Å²) in [4.78, 5) is 4.44. The Morgan fingerprint density at radius 3 is 2.85 bits per heavy atom. The molecular formula is C11H16N2. The van der Waals surface area contributed by atoms with E-state index in [0.29, 0.717) is 6.54 Å². The Kier molecular flexibility index (Phi) is 3.65. The summed E-state index contributed by atoms with van der Waals surface area (Å²) < 4.78 is 0. The molecule has 0 aliphatic carbocycles. The van der Waals surface area contributed by atoms with E-state index in [4.69, 9.17) is 5.73 Å². The van der Waals surface area contributed by atoms with Crippen LogP contribution in [0.1, 0.15) is 19.0 Å². The van der Waals surface area contributed by atoms with Crippen LogP contribution in [-0.2, 0) is 0 Å². The van der Waals surface area contributed by atoms with Crippen LogP contribution in [0.3, 0.4) is 0 Å². The van der Waals surface area contributed by atoms with E-state index < -0.39 is 0 Å². The van der Waals surface area contributed by atoms with E-state index in [1.165, 1.54) is 5.22 Å². The number of hydrogen-bond acceptors (Lipinski definition) is 2. The standard InChI is InChI=1S/C11H16N2/c1-3-10-7-6-9(2)13-11(10)5-4-8-12/h3,5-7H,4,8,12H2,1-2H3/b10-3-,11-5+. The van der Waals surface area contributed by atoms with E-state index in [1.54, 1.807) is 0 Å². The summed E-state index contributed by atoms with van der Waals surface area (Å²) >= 11 is 0. The average Bonchev–Trinajstić information content (AvgIpc) is 2.15. The van der Waals surface area contributed by atoms with Gasteiger partial charge >= 0.3 is 0 Å². The fourth-order valence-electron chi connectivity index (χ4n) is 1.22. The normalized spacial score (nSPS) is 13.8. The van der Waals surface area contributed by atoms with Crippen molar-refractivity contribution in [2.75, 3.05) is 6.54 Å². The second-order valence-electron chi connectivity index (χ2n) is 3.00. The van der Waals surface area contributed by atoms with Gasteiger partial charge in [0.05, 0.1) is 5.35 Å². The molecule has 0 fully saturated rings. The Morgan fingerprint density at radius 1 is 1.46 bits per heavy atom.